The topological polar surface area (TPSA) is 61.7 Å². The van der Waals surface area contributed by atoms with Crippen LogP contribution >= 0.6 is 0 Å². The Hall–Kier alpha value is -0.160. The molecule has 1 aliphatic rings. The summed E-state index contributed by atoms with van der Waals surface area (Å²) in [6, 6.07) is 0. The predicted octanol–water partition coefficient (Wildman–Crippen LogP) is 1.06. The Balaban J connectivity index is 2.09. The van der Waals surface area contributed by atoms with Gasteiger partial charge in [-0.2, -0.15) is 0 Å². The third-order valence-corrected chi connectivity index (χ3v) is 3.24. The summed E-state index contributed by atoms with van der Waals surface area (Å²) in [6.45, 7) is 5.31. The van der Waals surface area contributed by atoms with Gasteiger partial charge in [-0.05, 0) is 26.7 Å². The van der Waals surface area contributed by atoms with Crippen LogP contribution in [0.5, 0.6) is 0 Å². The van der Waals surface area contributed by atoms with Crippen molar-refractivity contribution in [3.63, 3.8) is 0 Å². The van der Waals surface area contributed by atoms with Crippen molar-refractivity contribution in [2.75, 3.05) is 19.7 Å². The van der Waals surface area contributed by atoms with Gasteiger partial charge in [-0.1, -0.05) is 19.3 Å². The van der Waals surface area contributed by atoms with E-state index in [2.05, 4.69) is 5.32 Å². The van der Waals surface area contributed by atoms with Crippen LogP contribution in [0.15, 0.2) is 0 Å². The Morgan fingerprint density at radius 1 is 1.24 bits per heavy atom. The quantitative estimate of drug-likeness (QED) is 0.627. The lowest BCUT2D eigenvalue weighted by Crippen LogP contribution is -2.44. The zero-order valence-electron chi connectivity index (χ0n) is 11.1. The van der Waals surface area contributed by atoms with Gasteiger partial charge in [-0.25, -0.2) is 0 Å². The summed E-state index contributed by atoms with van der Waals surface area (Å²) >= 11 is 0. The number of aliphatic hydroxyl groups excluding tert-OH is 1. The molecule has 0 aromatic rings. The first-order chi connectivity index (χ1) is 8.02. The summed E-state index contributed by atoms with van der Waals surface area (Å²) in [6.07, 6.45) is 4.84. The van der Waals surface area contributed by atoms with Gasteiger partial charge in [0.1, 0.15) is 0 Å². The Kier molecular flexibility index (Phi) is 6.41. The van der Waals surface area contributed by atoms with Gasteiger partial charge in [0, 0.05) is 13.1 Å². The van der Waals surface area contributed by atoms with Gasteiger partial charge in [-0.3, -0.25) is 0 Å². The smallest absolute Gasteiger partial charge is 0.0897 e. The molecule has 0 spiro atoms. The summed E-state index contributed by atoms with van der Waals surface area (Å²) in [5, 5.41) is 23.0. The van der Waals surface area contributed by atoms with Gasteiger partial charge in [-0.15, -0.1) is 0 Å². The molecule has 3 N–H and O–H groups in total. The van der Waals surface area contributed by atoms with E-state index in [0.717, 1.165) is 25.7 Å². The minimum absolute atomic E-state index is 0.146. The summed E-state index contributed by atoms with van der Waals surface area (Å²) in [5.41, 5.74) is -0.559. The molecule has 0 heterocycles. The van der Waals surface area contributed by atoms with Crippen molar-refractivity contribution >= 4 is 0 Å². The molecular formula is C13H27NO3. The van der Waals surface area contributed by atoms with E-state index in [9.17, 15) is 10.2 Å². The van der Waals surface area contributed by atoms with E-state index in [-0.39, 0.29) is 6.10 Å². The van der Waals surface area contributed by atoms with Crippen LogP contribution in [0.2, 0.25) is 0 Å². The molecule has 1 rings (SSSR count). The lowest BCUT2D eigenvalue weighted by atomic mass is 9.85. The third kappa shape index (κ3) is 6.36. The number of aliphatic hydroxyl groups is 2. The van der Waals surface area contributed by atoms with Crippen molar-refractivity contribution in [1.82, 2.24) is 5.32 Å². The molecule has 1 aliphatic carbocycles. The zero-order chi connectivity index (χ0) is 12.7. The molecule has 0 aromatic heterocycles. The highest BCUT2D eigenvalue weighted by atomic mass is 16.5. The van der Waals surface area contributed by atoms with Crippen LogP contribution in [0.25, 0.3) is 0 Å². The highest BCUT2D eigenvalue weighted by Crippen LogP contribution is 2.27. The van der Waals surface area contributed by atoms with Crippen molar-refractivity contribution in [1.29, 1.82) is 0 Å². The minimum Gasteiger partial charge on any atom is -0.389 e. The predicted molar refractivity (Wildman–Crippen MR) is 68.0 cm³/mol. The van der Waals surface area contributed by atoms with Gasteiger partial charge in [0.25, 0.3) is 0 Å². The van der Waals surface area contributed by atoms with Crippen LogP contribution in [0.3, 0.4) is 0 Å². The number of ether oxygens (including phenoxy) is 1. The third-order valence-electron chi connectivity index (χ3n) is 3.24. The second kappa shape index (κ2) is 7.31. The molecule has 1 unspecified atom stereocenters. The fourth-order valence-corrected chi connectivity index (χ4v) is 2.22. The van der Waals surface area contributed by atoms with Gasteiger partial charge >= 0.3 is 0 Å². The summed E-state index contributed by atoms with van der Waals surface area (Å²) < 4.78 is 5.32. The van der Waals surface area contributed by atoms with Crippen LogP contribution in [-0.2, 0) is 4.74 Å². The zero-order valence-corrected chi connectivity index (χ0v) is 11.1. The first kappa shape index (κ1) is 14.9. The van der Waals surface area contributed by atoms with Crippen LogP contribution in [0, 0.1) is 0 Å². The summed E-state index contributed by atoms with van der Waals surface area (Å²) in [5.74, 6) is 0. The number of nitrogens with one attached hydrogen (secondary N) is 1. The van der Waals surface area contributed by atoms with Crippen LogP contribution in [0.4, 0.5) is 0 Å². The Labute approximate surface area is 104 Å². The van der Waals surface area contributed by atoms with Crippen molar-refractivity contribution in [2.24, 2.45) is 0 Å². The Morgan fingerprint density at radius 2 is 1.88 bits per heavy atom. The molecule has 0 saturated heterocycles. The fourth-order valence-electron chi connectivity index (χ4n) is 2.22. The fraction of sp³-hybridized carbons (Fsp3) is 1.00. The lowest BCUT2D eigenvalue weighted by Gasteiger charge is -2.32. The van der Waals surface area contributed by atoms with E-state index in [1.807, 2.05) is 13.8 Å². The maximum absolute atomic E-state index is 10.2. The second-order valence-electron chi connectivity index (χ2n) is 5.45. The maximum atomic E-state index is 10.2. The first-order valence-corrected chi connectivity index (χ1v) is 6.75. The van der Waals surface area contributed by atoms with E-state index in [1.165, 1.54) is 6.42 Å². The monoisotopic (exact) mass is 245 g/mol. The average molecular weight is 245 g/mol. The van der Waals surface area contributed by atoms with E-state index in [1.54, 1.807) is 0 Å². The molecule has 1 saturated carbocycles. The molecule has 4 heteroatoms. The normalized spacial score (nSPS) is 21.7. The van der Waals surface area contributed by atoms with Crippen molar-refractivity contribution in [3.8, 4) is 0 Å². The molecule has 102 valence electrons. The minimum atomic E-state index is -0.559. The number of hydrogen-bond acceptors (Lipinski definition) is 4. The SMILES string of the molecule is CC(C)OCC(O)CNCC1(O)CCCCC1. The van der Waals surface area contributed by atoms with E-state index >= 15 is 0 Å². The second-order valence-corrected chi connectivity index (χ2v) is 5.45. The summed E-state index contributed by atoms with van der Waals surface area (Å²) in [4.78, 5) is 0. The highest BCUT2D eigenvalue weighted by molar-refractivity contribution is 4.84. The standard InChI is InChI=1S/C13H27NO3/c1-11(2)17-9-12(15)8-14-10-13(16)6-4-3-5-7-13/h11-12,14-16H,3-10H2,1-2H3. The van der Waals surface area contributed by atoms with E-state index in [4.69, 9.17) is 4.74 Å². The van der Waals surface area contributed by atoms with Crippen LogP contribution in [0.1, 0.15) is 46.0 Å². The number of hydrogen-bond donors (Lipinski definition) is 3. The molecule has 1 atom stereocenters. The molecule has 17 heavy (non-hydrogen) atoms. The van der Waals surface area contributed by atoms with Gasteiger partial charge in [0.2, 0.25) is 0 Å². The van der Waals surface area contributed by atoms with Crippen molar-refractivity contribution < 1.29 is 14.9 Å². The van der Waals surface area contributed by atoms with Gasteiger partial charge < -0.3 is 20.3 Å². The lowest BCUT2D eigenvalue weighted by molar-refractivity contribution is -0.0101. The first-order valence-electron chi connectivity index (χ1n) is 6.75. The maximum Gasteiger partial charge on any atom is 0.0897 e. The molecule has 0 radical (unpaired) electrons. The van der Waals surface area contributed by atoms with Gasteiger partial charge in [0.05, 0.1) is 24.4 Å². The van der Waals surface area contributed by atoms with Crippen molar-refractivity contribution in [3.05, 3.63) is 0 Å². The Bertz CT molecular complexity index is 203. The van der Waals surface area contributed by atoms with E-state index in [0.29, 0.717) is 19.7 Å². The average Bonchev–Trinajstić information content (AvgIpc) is 2.27. The Morgan fingerprint density at radius 3 is 2.47 bits per heavy atom. The van der Waals surface area contributed by atoms with Crippen LogP contribution in [-0.4, -0.2) is 47.7 Å². The molecule has 4 nitrogen and oxygen atoms in total. The molecule has 0 bridgehead atoms. The largest absolute Gasteiger partial charge is 0.389 e. The van der Waals surface area contributed by atoms with Crippen LogP contribution < -0.4 is 5.32 Å². The molecule has 1 fully saturated rings. The van der Waals surface area contributed by atoms with E-state index < -0.39 is 11.7 Å². The molecule has 0 aliphatic heterocycles. The van der Waals surface area contributed by atoms with Crippen molar-refractivity contribution in [2.45, 2.75) is 63.8 Å². The highest BCUT2D eigenvalue weighted by Gasteiger charge is 2.28. The molecular weight excluding hydrogens is 218 g/mol. The number of rotatable bonds is 7. The van der Waals surface area contributed by atoms with Gasteiger partial charge in [0.15, 0.2) is 0 Å². The molecule has 0 aromatic carbocycles. The molecule has 0 amide bonds. The summed E-state index contributed by atoms with van der Waals surface area (Å²) in [7, 11) is 0.